The molecule has 1 atom stereocenters. The molecule has 34 heavy (non-hydrogen) atoms. The van der Waals surface area contributed by atoms with E-state index in [4.69, 9.17) is 5.11 Å². The summed E-state index contributed by atoms with van der Waals surface area (Å²) in [6, 6.07) is 23.5. The number of carbonyl (C=O) groups excluding carboxylic acids is 3. The third-order valence-corrected chi connectivity index (χ3v) is 5.10. The van der Waals surface area contributed by atoms with Gasteiger partial charge in [0.15, 0.2) is 0 Å². The molecule has 1 unspecified atom stereocenters. The van der Waals surface area contributed by atoms with E-state index >= 15 is 0 Å². The van der Waals surface area contributed by atoms with E-state index in [-0.39, 0.29) is 19.1 Å². The SMILES string of the molecule is CC(C(=O)Nc1ccccc1)N(C(=O)CNC(=O)Nc1cccc(CCO)c1)c1ccccc1. The normalized spacial score (nSPS) is 11.2. The van der Waals surface area contributed by atoms with E-state index in [9.17, 15) is 14.4 Å². The quantitative estimate of drug-likeness (QED) is 0.392. The van der Waals surface area contributed by atoms with E-state index in [2.05, 4.69) is 16.0 Å². The van der Waals surface area contributed by atoms with Crippen molar-refractivity contribution in [2.24, 2.45) is 0 Å². The van der Waals surface area contributed by atoms with Gasteiger partial charge in [0, 0.05) is 23.7 Å². The highest BCUT2D eigenvalue weighted by molar-refractivity contribution is 6.06. The molecule has 0 saturated heterocycles. The lowest BCUT2D eigenvalue weighted by Crippen LogP contribution is -2.50. The van der Waals surface area contributed by atoms with Gasteiger partial charge in [-0.25, -0.2) is 4.79 Å². The molecule has 8 nitrogen and oxygen atoms in total. The maximum Gasteiger partial charge on any atom is 0.319 e. The number of nitrogens with zero attached hydrogens (tertiary/aromatic N) is 1. The van der Waals surface area contributed by atoms with Gasteiger partial charge < -0.3 is 21.1 Å². The van der Waals surface area contributed by atoms with Crippen molar-refractivity contribution in [3.8, 4) is 0 Å². The van der Waals surface area contributed by atoms with E-state index in [1.807, 2.05) is 30.3 Å². The van der Waals surface area contributed by atoms with Crippen LogP contribution in [0.1, 0.15) is 12.5 Å². The number of rotatable bonds is 9. The Hall–Kier alpha value is -4.17. The van der Waals surface area contributed by atoms with E-state index < -0.39 is 18.0 Å². The fourth-order valence-corrected chi connectivity index (χ4v) is 3.41. The molecule has 4 N–H and O–H groups in total. The van der Waals surface area contributed by atoms with E-state index in [0.717, 1.165) is 5.56 Å². The summed E-state index contributed by atoms with van der Waals surface area (Å²) < 4.78 is 0. The number of anilines is 3. The van der Waals surface area contributed by atoms with Gasteiger partial charge >= 0.3 is 6.03 Å². The van der Waals surface area contributed by atoms with Crippen LogP contribution in [0.3, 0.4) is 0 Å². The van der Waals surface area contributed by atoms with Crippen LogP contribution in [0, 0.1) is 0 Å². The summed E-state index contributed by atoms with van der Waals surface area (Å²) in [5.41, 5.74) is 2.60. The number of urea groups is 1. The zero-order valence-corrected chi connectivity index (χ0v) is 18.9. The molecule has 3 rings (SSSR count). The molecule has 176 valence electrons. The van der Waals surface area contributed by atoms with Crippen molar-refractivity contribution in [3.05, 3.63) is 90.5 Å². The number of hydrogen-bond donors (Lipinski definition) is 4. The minimum atomic E-state index is -0.824. The highest BCUT2D eigenvalue weighted by atomic mass is 16.3. The first-order chi connectivity index (χ1) is 16.5. The van der Waals surface area contributed by atoms with Crippen molar-refractivity contribution in [1.29, 1.82) is 0 Å². The summed E-state index contributed by atoms with van der Waals surface area (Å²) in [5.74, 6) is -0.792. The van der Waals surface area contributed by atoms with Gasteiger partial charge in [0.25, 0.3) is 0 Å². The van der Waals surface area contributed by atoms with Gasteiger partial charge in [-0.15, -0.1) is 0 Å². The van der Waals surface area contributed by atoms with Crippen LogP contribution in [-0.4, -0.2) is 42.1 Å². The van der Waals surface area contributed by atoms with Crippen molar-refractivity contribution in [2.75, 3.05) is 28.7 Å². The lowest BCUT2D eigenvalue weighted by atomic mass is 10.1. The molecule has 0 aromatic heterocycles. The van der Waals surface area contributed by atoms with Crippen LogP contribution in [0.4, 0.5) is 21.9 Å². The van der Waals surface area contributed by atoms with Gasteiger partial charge in [0.2, 0.25) is 11.8 Å². The number of nitrogens with one attached hydrogen (secondary N) is 3. The van der Waals surface area contributed by atoms with Crippen molar-refractivity contribution in [2.45, 2.75) is 19.4 Å². The smallest absolute Gasteiger partial charge is 0.319 e. The lowest BCUT2D eigenvalue weighted by Gasteiger charge is -2.28. The number of amides is 4. The Morgan fingerprint density at radius 2 is 1.50 bits per heavy atom. The second-order valence-corrected chi connectivity index (χ2v) is 7.61. The van der Waals surface area contributed by atoms with Crippen molar-refractivity contribution in [3.63, 3.8) is 0 Å². The molecule has 8 heteroatoms. The molecule has 0 aliphatic rings. The lowest BCUT2D eigenvalue weighted by molar-refractivity contribution is -0.122. The Bertz CT molecular complexity index is 1110. The largest absolute Gasteiger partial charge is 0.396 e. The van der Waals surface area contributed by atoms with E-state index in [1.54, 1.807) is 61.5 Å². The number of aliphatic hydroxyl groups is 1. The van der Waals surface area contributed by atoms with Gasteiger partial charge in [0.1, 0.15) is 6.04 Å². The monoisotopic (exact) mass is 460 g/mol. The summed E-state index contributed by atoms with van der Waals surface area (Å²) in [6.45, 7) is 1.34. The Balaban J connectivity index is 1.66. The first-order valence-corrected chi connectivity index (χ1v) is 11.0. The summed E-state index contributed by atoms with van der Waals surface area (Å²) in [7, 11) is 0. The van der Waals surface area contributed by atoms with Crippen LogP contribution >= 0.6 is 0 Å². The molecule has 3 aromatic carbocycles. The molecule has 0 saturated carbocycles. The number of benzene rings is 3. The number of aliphatic hydroxyl groups excluding tert-OH is 1. The summed E-state index contributed by atoms with van der Waals surface area (Å²) in [5, 5.41) is 17.1. The molecule has 0 aliphatic carbocycles. The number of para-hydroxylation sites is 2. The fraction of sp³-hybridized carbons (Fsp3) is 0.192. The van der Waals surface area contributed by atoms with Gasteiger partial charge in [-0.3, -0.25) is 14.5 Å². The summed E-state index contributed by atoms with van der Waals surface area (Å²) in [4.78, 5) is 39.7. The third kappa shape index (κ3) is 6.91. The van der Waals surface area contributed by atoms with Crippen molar-refractivity contribution < 1.29 is 19.5 Å². The number of hydrogen-bond acceptors (Lipinski definition) is 4. The van der Waals surface area contributed by atoms with Crippen LogP contribution in [0.5, 0.6) is 0 Å². The zero-order chi connectivity index (χ0) is 24.3. The first kappa shape index (κ1) is 24.5. The average molecular weight is 461 g/mol. The van der Waals surface area contributed by atoms with Crippen LogP contribution in [0.25, 0.3) is 0 Å². The third-order valence-electron chi connectivity index (χ3n) is 5.10. The van der Waals surface area contributed by atoms with E-state index in [0.29, 0.717) is 23.5 Å². The minimum Gasteiger partial charge on any atom is -0.396 e. The molecule has 0 aliphatic heterocycles. The van der Waals surface area contributed by atoms with Crippen molar-refractivity contribution in [1.82, 2.24) is 5.32 Å². The molecule has 0 radical (unpaired) electrons. The van der Waals surface area contributed by atoms with Gasteiger partial charge in [-0.05, 0) is 55.3 Å². The summed E-state index contributed by atoms with van der Waals surface area (Å²) in [6.07, 6.45) is 0.477. The Labute approximate surface area is 198 Å². The second kappa shape index (κ2) is 12.2. The molecule has 0 spiro atoms. The molecule has 4 amide bonds. The summed E-state index contributed by atoms with van der Waals surface area (Å²) >= 11 is 0. The predicted octanol–water partition coefficient (Wildman–Crippen LogP) is 3.40. The molecule has 0 bridgehead atoms. The van der Waals surface area contributed by atoms with Crippen LogP contribution in [0.15, 0.2) is 84.9 Å². The van der Waals surface area contributed by atoms with Gasteiger partial charge in [-0.1, -0.05) is 48.5 Å². The Morgan fingerprint density at radius 1 is 0.853 bits per heavy atom. The highest BCUT2D eigenvalue weighted by Gasteiger charge is 2.27. The van der Waals surface area contributed by atoms with Gasteiger partial charge in [0.05, 0.1) is 6.54 Å². The highest BCUT2D eigenvalue weighted by Crippen LogP contribution is 2.18. The molecule has 0 heterocycles. The van der Waals surface area contributed by atoms with Crippen LogP contribution in [-0.2, 0) is 16.0 Å². The second-order valence-electron chi connectivity index (χ2n) is 7.61. The Kier molecular flexibility index (Phi) is 8.76. The minimum absolute atomic E-state index is 0.00943. The molecule has 3 aromatic rings. The van der Waals surface area contributed by atoms with Crippen LogP contribution in [0.2, 0.25) is 0 Å². The average Bonchev–Trinajstić information content (AvgIpc) is 2.84. The van der Waals surface area contributed by atoms with Crippen molar-refractivity contribution >= 4 is 34.9 Å². The topological polar surface area (TPSA) is 111 Å². The molecular formula is C26H28N4O4. The standard InChI is InChI=1S/C26H28N4O4/c1-19(25(33)28-21-10-4-2-5-11-21)30(23-13-6-3-7-14-23)24(32)18-27-26(34)29-22-12-8-9-20(17-22)15-16-31/h2-14,17,19,31H,15-16,18H2,1H3,(H,28,33)(H2,27,29,34). The fourth-order valence-electron chi connectivity index (χ4n) is 3.41. The molecular weight excluding hydrogens is 432 g/mol. The maximum atomic E-state index is 13.1. The zero-order valence-electron chi connectivity index (χ0n) is 18.9. The van der Waals surface area contributed by atoms with Gasteiger partial charge in [-0.2, -0.15) is 0 Å². The first-order valence-electron chi connectivity index (χ1n) is 11.0. The maximum absolute atomic E-state index is 13.1. The Morgan fingerprint density at radius 3 is 2.18 bits per heavy atom. The number of carbonyl (C=O) groups is 3. The predicted molar refractivity (Wildman–Crippen MR) is 133 cm³/mol. The van der Waals surface area contributed by atoms with E-state index in [1.165, 1.54) is 4.90 Å². The van der Waals surface area contributed by atoms with Crippen LogP contribution < -0.4 is 20.9 Å². The molecule has 0 fully saturated rings.